The second-order valence-electron chi connectivity index (χ2n) is 8.11. The molecule has 5 heteroatoms. The lowest BCUT2D eigenvalue weighted by molar-refractivity contribution is -0.151. The van der Waals surface area contributed by atoms with E-state index in [0.717, 1.165) is 0 Å². The molecule has 21 heavy (non-hydrogen) atoms. The molecule has 0 spiro atoms. The van der Waals surface area contributed by atoms with Gasteiger partial charge in [0, 0.05) is 5.41 Å². The Morgan fingerprint density at radius 2 is 1.48 bits per heavy atom. The first kappa shape index (κ1) is 19.7. The van der Waals surface area contributed by atoms with E-state index in [9.17, 15) is 9.59 Å². The molecule has 5 nitrogen and oxygen atoms in total. The fourth-order valence-corrected chi connectivity index (χ4v) is 1.14. The molecule has 0 saturated carbocycles. The van der Waals surface area contributed by atoms with Gasteiger partial charge in [-0.05, 0) is 33.1 Å². The van der Waals surface area contributed by atoms with Crippen LogP contribution in [0.5, 0.6) is 0 Å². The lowest BCUT2D eigenvalue weighted by Crippen LogP contribution is -2.44. The summed E-state index contributed by atoms with van der Waals surface area (Å²) in [4.78, 5) is 23.5. The van der Waals surface area contributed by atoms with Crippen LogP contribution in [0.4, 0.5) is 4.79 Å². The van der Waals surface area contributed by atoms with E-state index in [1.807, 2.05) is 13.8 Å². The first-order valence-corrected chi connectivity index (χ1v) is 7.32. The van der Waals surface area contributed by atoms with Gasteiger partial charge in [-0.3, -0.25) is 0 Å². The van der Waals surface area contributed by atoms with Gasteiger partial charge in [0.15, 0.2) is 0 Å². The number of amides is 1. The number of alkyl carbamates (subject to hydrolysis) is 1. The third-order valence-corrected chi connectivity index (χ3v) is 3.69. The van der Waals surface area contributed by atoms with Gasteiger partial charge in [0.1, 0.15) is 11.6 Å². The summed E-state index contributed by atoms with van der Waals surface area (Å²) >= 11 is 0. The molecule has 0 unspecified atom stereocenters. The van der Waals surface area contributed by atoms with Crippen molar-refractivity contribution < 1.29 is 19.1 Å². The summed E-state index contributed by atoms with van der Waals surface area (Å²) in [6.45, 7) is 17.6. The van der Waals surface area contributed by atoms with Crippen molar-refractivity contribution >= 4 is 12.1 Å². The summed E-state index contributed by atoms with van der Waals surface area (Å²) in [6, 6.07) is -0.740. The topological polar surface area (TPSA) is 64.6 Å². The first-order valence-electron chi connectivity index (χ1n) is 7.32. The molecule has 0 radical (unpaired) electrons. The fourth-order valence-electron chi connectivity index (χ4n) is 1.14. The molecule has 124 valence electrons. The Balaban J connectivity index is 4.39. The van der Waals surface area contributed by atoms with Gasteiger partial charge in [-0.15, -0.1) is 0 Å². The molecule has 0 aliphatic rings. The average molecular weight is 301 g/mol. The number of hydrogen-bond donors (Lipinski definition) is 1. The van der Waals surface area contributed by atoms with Crippen LogP contribution < -0.4 is 5.32 Å². The van der Waals surface area contributed by atoms with Gasteiger partial charge >= 0.3 is 12.1 Å². The van der Waals surface area contributed by atoms with Crippen molar-refractivity contribution in [2.45, 2.75) is 74.0 Å². The summed E-state index contributed by atoms with van der Waals surface area (Å²) < 4.78 is 10.4. The van der Waals surface area contributed by atoms with Crippen molar-refractivity contribution in [3.05, 3.63) is 0 Å². The molecule has 1 atom stereocenters. The average Bonchev–Trinajstić information content (AvgIpc) is 2.21. The number of hydrogen-bond acceptors (Lipinski definition) is 4. The Hall–Kier alpha value is -1.26. The van der Waals surface area contributed by atoms with E-state index in [4.69, 9.17) is 9.47 Å². The van der Waals surface area contributed by atoms with Crippen molar-refractivity contribution in [3.63, 3.8) is 0 Å². The second-order valence-corrected chi connectivity index (χ2v) is 8.11. The molecule has 0 saturated heterocycles. The molecule has 0 bridgehead atoms. The SMILES string of the molecule is C[C@H](NC(=O)OC(C)(C)C)C(=O)OCC(C)(C)C(C)(C)C. The highest BCUT2D eigenvalue weighted by Crippen LogP contribution is 2.37. The zero-order chi connectivity index (χ0) is 17.1. The van der Waals surface area contributed by atoms with E-state index >= 15 is 0 Å². The minimum Gasteiger partial charge on any atom is -0.464 e. The summed E-state index contributed by atoms with van der Waals surface area (Å²) in [5, 5.41) is 2.48. The third-order valence-electron chi connectivity index (χ3n) is 3.69. The van der Waals surface area contributed by atoms with E-state index in [-0.39, 0.29) is 10.8 Å². The zero-order valence-corrected chi connectivity index (χ0v) is 14.9. The second kappa shape index (κ2) is 6.67. The van der Waals surface area contributed by atoms with Gasteiger partial charge in [-0.2, -0.15) is 0 Å². The Bertz CT molecular complexity index is 375. The maximum absolute atomic E-state index is 11.9. The summed E-state index contributed by atoms with van der Waals surface area (Å²) in [5.74, 6) is -0.460. The minimum absolute atomic E-state index is 0.00904. The van der Waals surface area contributed by atoms with Crippen molar-refractivity contribution in [1.82, 2.24) is 5.32 Å². The third kappa shape index (κ3) is 7.34. The number of carbonyl (C=O) groups is 2. The molecule has 0 fully saturated rings. The van der Waals surface area contributed by atoms with Crippen molar-refractivity contribution in [3.8, 4) is 0 Å². The number of rotatable bonds is 4. The Morgan fingerprint density at radius 1 is 1.00 bits per heavy atom. The van der Waals surface area contributed by atoms with Gasteiger partial charge in [0.05, 0.1) is 6.61 Å². The van der Waals surface area contributed by atoms with Gasteiger partial charge in [0.2, 0.25) is 0 Å². The van der Waals surface area contributed by atoms with Crippen LogP contribution >= 0.6 is 0 Å². The van der Waals surface area contributed by atoms with Crippen LogP contribution in [0.25, 0.3) is 0 Å². The molecule has 0 rings (SSSR count). The van der Waals surface area contributed by atoms with Crippen molar-refractivity contribution in [2.75, 3.05) is 6.61 Å². The van der Waals surface area contributed by atoms with E-state index in [2.05, 4.69) is 26.1 Å². The maximum Gasteiger partial charge on any atom is 0.408 e. The van der Waals surface area contributed by atoms with Crippen LogP contribution in [0.2, 0.25) is 0 Å². The van der Waals surface area contributed by atoms with Crippen LogP contribution in [0.1, 0.15) is 62.3 Å². The van der Waals surface area contributed by atoms with Gasteiger partial charge < -0.3 is 14.8 Å². The molecule has 0 aliphatic heterocycles. The standard InChI is InChI=1S/C16H31NO4/c1-11(17-13(19)21-15(5,6)7)12(18)20-10-16(8,9)14(2,3)4/h11H,10H2,1-9H3,(H,17,19)/t11-/m0/s1. The molecule has 1 amide bonds. The van der Waals surface area contributed by atoms with Crippen molar-refractivity contribution in [2.24, 2.45) is 10.8 Å². The van der Waals surface area contributed by atoms with Crippen LogP contribution in [-0.4, -0.2) is 30.3 Å². The van der Waals surface area contributed by atoms with E-state index < -0.39 is 23.7 Å². The molecular formula is C16H31NO4. The lowest BCUT2D eigenvalue weighted by atomic mass is 9.70. The van der Waals surface area contributed by atoms with E-state index in [1.54, 1.807) is 27.7 Å². The maximum atomic E-state index is 11.9. The highest BCUT2D eigenvalue weighted by Gasteiger charge is 2.34. The summed E-state index contributed by atoms with van der Waals surface area (Å²) in [6.07, 6.45) is -0.623. The molecule has 1 N–H and O–H groups in total. The number of carbonyl (C=O) groups excluding carboxylic acids is 2. The Kier molecular flexibility index (Phi) is 6.27. The highest BCUT2D eigenvalue weighted by atomic mass is 16.6. The van der Waals surface area contributed by atoms with Crippen LogP contribution in [-0.2, 0) is 14.3 Å². The summed E-state index contributed by atoms with van der Waals surface area (Å²) in [5.41, 5.74) is -0.745. The van der Waals surface area contributed by atoms with Crippen LogP contribution in [0.15, 0.2) is 0 Å². The van der Waals surface area contributed by atoms with Crippen LogP contribution in [0.3, 0.4) is 0 Å². The summed E-state index contributed by atoms with van der Waals surface area (Å²) in [7, 11) is 0. The minimum atomic E-state index is -0.740. The van der Waals surface area contributed by atoms with Crippen LogP contribution in [0, 0.1) is 10.8 Å². The molecule has 0 heterocycles. The zero-order valence-electron chi connectivity index (χ0n) is 14.9. The Labute approximate surface area is 128 Å². The van der Waals surface area contributed by atoms with E-state index in [0.29, 0.717) is 6.61 Å². The molecular weight excluding hydrogens is 270 g/mol. The first-order chi connectivity index (χ1) is 9.16. The van der Waals surface area contributed by atoms with Gasteiger partial charge in [-0.25, -0.2) is 9.59 Å². The largest absolute Gasteiger partial charge is 0.464 e. The molecule has 0 aromatic rings. The molecule has 0 aliphatic carbocycles. The number of esters is 1. The van der Waals surface area contributed by atoms with E-state index in [1.165, 1.54) is 0 Å². The van der Waals surface area contributed by atoms with Crippen molar-refractivity contribution in [1.29, 1.82) is 0 Å². The highest BCUT2D eigenvalue weighted by molar-refractivity contribution is 5.81. The normalized spacial score (nSPS) is 14.3. The molecule has 0 aromatic heterocycles. The number of ether oxygens (including phenoxy) is 2. The predicted molar refractivity (Wildman–Crippen MR) is 83.0 cm³/mol. The Morgan fingerprint density at radius 3 is 1.86 bits per heavy atom. The monoisotopic (exact) mass is 301 g/mol. The number of nitrogens with one attached hydrogen (secondary N) is 1. The van der Waals surface area contributed by atoms with Gasteiger partial charge in [0.25, 0.3) is 0 Å². The quantitative estimate of drug-likeness (QED) is 0.807. The smallest absolute Gasteiger partial charge is 0.408 e. The lowest BCUT2D eigenvalue weighted by Gasteiger charge is -2.38. The fraction of sp³-hybridized carbons (Fsp3) is 0.875. The van der Waals surface area contributed by atoms with Gasteiger partial charge in [-0.1, -0.05) is 34.6 Å². The predicted octanol–water partition coefficient (Wildman–Crippen LogP) is 3.52. The molecule has 0 aromatic carbocycles.